The molecular formula is C10H13NO. The Balaban J connectivity index is 2.82. The Kier molecular flexibility index (Phi) is 2.86. The van der Waals surface area contributed by atoms with Gasteiger partial charge in [-0.3, -0.25) is 4.99 Å². The summed E-state index contributed by atoms with van der Waals surface area (Å²) in [6.45, 7) is 4.09. The number of phenols is 1. The predicted octanol–water partition coefficient (Wildman–Crippen LogP) is 2.75. The van der Waals surface area contributed by atoms with Crippen molar-refractivity contribution in [2.24, 2.45) is 10.9 Å². The van der Waals surface area contributed by atoms with Crippen LogP contribution in [0.1, 0.15) is 13.8 Å². The maximum absolute atomic E-state index is 9.31. The van der Waals surface area contributed by atoms with Crippen molar-refractivity contribution >= 4 is 11.9 Å². The van der Waals surface area contributed by atoms with E-state index in [1.165, 1.54) is 0 Å². The molecule has 0 saturated carbocycles. The summed E-state index contributed by atoms with van der Waals surface area (Å²) in [6, 6.07) is 7.05. The monoisotopic (exact) mass is 163 g/mol. The molecule has 0 bridgehead atoms. The van der Waals surface area contributed by atoms with Crippen LogP contribution in [0.5, 0.6) is 5.75 Å². The summed E-state index contributed by atoms with van der Waals surface area (Å²) in [4.78, 5) is 4.13. The number of para-hydroxylation sites is 2. The molecule has 2 heteroatoms. The minimum Gasteiger partial charge on any atom is -0.506 e. The van der Waals surface area contributed by atoms with Crippen LogP contribution < -0.4 is 0 Å². The van der Waals surface area contributed by atoms with Crippen LogP contribution in [0.2, 0.25) is 0 Å². The number of aliphatic imine (C=N–C) groups is 1. The van der Waals surface area contributed by atoms with Crippen molar-refractivity contribution in [3.05, 3.63) is 24.3 Å². The second kappa shape index (κ2) is 3.90. The molecule has 0 aromatic heterocycles. The number of benzene rings is 1. The molecule has 0 atom stereocenters. The SMILES string of the molecule is CC(C)C=Nc1ccccc1O. The number of aromatic hydroxyl groups is 1. The van der Waals surface area contributed by atoms with E-state index in [4.69, 9.17) is 0 Å². The van der Waals surface area contributed by atoms with Gasteiger partial charge in [-0.2, -0.15) is 0 Å². The second-order valence-electron chi connectivity index (χ2n) is 3.01. The summed E-state index contributed by atoms with van der Waals surface area (Å²) in [6.07, 6.45) is 1.81. The predicted molar refractivity (Wildman–Crippen MR) is 51.1 cm³/mol. The minimum atomic E-state index is 0.231. The highest BCUT2D eigenvalue weighted by atomic mass is 16.3. The molecule has 0 aliphatic rings. The van der Waals surface area contributed by atoms with E-state index >= 15 is 0 Å². The fraction of sp³-hybridized carbons (Fsp3) is 0.300. The molecule has 0 saturated heterocycles. The summed E-state index contributed by atoms with van der Waals surface area (Å²) in [5.74, 6) is 0.638. The molecule has 1 aromatic carbocycles. The molecule has 0 aliphatic heterocycles. The third-order valence-electron chi connectivity index (χ3n) is 1.39. The Bertz CT molecular complexity index is 279. The van der Waals surface area contributed by atoms with Gasteiger partial charge in [0, 0.05) is 6.21 Å². The molecule has 12 heavy (non-hydrogen) atoms. The minimum absolute atomic E-state index is 0.231. The van der Waals surface area contributed by atoms with Crippen molar-refractivity contribution in [2.75, 3.05) is 0 Å². The van der Waals surface area contributed by atoms with Gasteiger partial charge >= 0.3 is 0 Å². The van der Waals surface area contributed by atoms with E-state index in [1.54, 1.807) is 18.2 Å². The smallest absolute Gasteiger partial charge is 0.141 e. The first-order valence-corrected chi connectivity index (χ1v) is 4.02. The largest absolute Gasteiger partial charge is 0.506 e. The second-order valence-corrected chi connectivity index (χ2v) is 3.01. The maximum Gasteiger partial charge on any atom is 0.141 e. The first kappa shape index (κ1) is 8.78. The van der Waals surface area contributed by atoms with Gasteiger partial charge in [-0.25, -0.2) is 0 Å². The fourth-order valence-electron chi connectivity index (χ4n) is 0.803. The van der Waals surface area contributed by atoms with Crippen molar-refractivity contribution < 1.29 is 5.11 Å². The Morgan fingerprint density at radius 3 is 2.58 bits per heavy atom. The van der Waals surface area contributed by atoms with Crippen molar-refractivity contribution in [2.45, 2.75) is 13.8 Å². The summed E-state index contributed by atoms with van der Waals surface area (Å²) >= 11 is 0. The van der Waals surface area contributed by atoms with Crippen molar-refractivity contribution in [1.82, 2.24) is 0 Å². The highest BCUT2D eigenvalue weighted by molar-refractivity contribution is 5.67. The van der Waals surface area contributed by atoms with E-state index in [0.29, 0.717) is 11.6 Å². The van der Waals surface area contributed by atoms with Gasteiger partial charge in [0.1, 0.15) is 11.4 Å². The number of rotatable bonds is 2. The average molecular weight is 163 g/mol. The summed E-state index contributed by atoms with van der Waals surface area (Å²) in [5, 5.41) is 9.31. The van der Waals surface area contributed by atoms with Crippen LogP contribution in [0.3, 0.4) is 0 Å². The van der Waals surface area contributed by atoms with E-state index in [-0.39, 0.29) is 5.75 Å². The number of phenolic OH excluding ortho intramolecular Hbond substituents is 1. The third-order valence-corrected chi connectivity index (χ3v) is 1.39. The molecule has 0 radical (unpaired) electrons. The van der Waals surface area contributed by atoms with Crippen LogP contribution in [0.25, 0.3) is 0 Å². The number of nitrogens with zero attached hydrogens (tertiary/aromatic N) is 1. The molecule has 1 rings (SSSR count). The summed E-state index contributed by atoms with van der Waals surface area (Å²) in [5.41, 5.74) is 0.631. The van der Waals surface area contributed by atoms with Crippen LogP contribution >= 0.6 is 0 Å². The van der Waals surface area contributed by atoms with Crippen molar-refractivity contribution in [3.63, 3.8) is 0 Å². The Hall–Kier alpha value is -1.31. The molecule has 64 valence electrons. The highest BCUT2D eigenvalue weighted by Crippen LogP contribution is 2.24. The van der Waals surface area contributed by atoms with Crippen LogP contribution in [0.4, 0.5) is 5.69 Å². The third kappa shape index (κ3) is 2.38. The quantitative estimate of drug-likeness (QED) is 0.668. The molecular weight excluding hydrogens is 150 g/mol. The van der Waals surface area contributed by atoms with Gasteiger partial charge in [-0.05, 0) is 18.1 Å². The molecule has 0 amide bonds. The Morgan fingerprint density at radius 2 is 2.00 bits per heavy atom. The number of hydrogen-bond donors (Lipinski definition) is 1. The molecule has 0 fully saturated rings. The van der Waals surface area contributed by atoms with E-state index in [0.717, 1.165) is 0 Å². The highest BCUT2D eigenvalue weighted by Gasteiger charge is 1.94. The van der Waals surface area contributed by atoms with Crippen LogP contribution in [0, 0.1) is 5.92 Å². The van der Waals surface area contributed by atoms with Crippen LogP contribution in [-0.2, 0) is 0 Å². The standard InChI is InChI=1S/C10H13NO/c1-8(2)7-11-9-5-3-4-6-10(9)12/h3-8,12H,1-2H3. The van der Waals surface area contributed by atoms with Gasteiger partial charge in [0.25, 0.3) is 0 Å². The summed E-state index contributed by atoms with van der Waals surface area (Å²) in [7, 11) is 0. The van der Waals surface area contributed by atoms with Gasteiger partial charge in [0.15, 0.2) is 0 Å². The lowest BCUT2D eigenvalue weighted by atomic mass is 10.2. The number of hydrogen-bond acceptors (Lipinski definition) is 2. The van der Waals surface area contributed by atoms with E-state index in [2.05, 4.69) is 4.99 Å². The topological polar surface area (TPSA) is 32.6 Å². The van der Waals surface area contributed by atoms with Crippen molar-refractivity contribution in [1.29, 1.82) is 0 Å². The summed E-state index contributed by atoms with van der Waals surface area (Å²) < 4.78 is 0. The molecule has 0 unspecified atom stereocenters. The van der Waals surface area contributed by atoms with Crippen LogP contribution in [-0.4, -0.2) is 11.3 Å². The molecule has 0 heterocycles. The zero-order valence-corrected chi connectivity index (χ0v) is 7.36. The van der Waals surface area contributed by atoms with Gasteiger partial charge < -0.3 is 5.11 Å². The maximum atomic E-state index is 9.31. The van der Waals surface area contributed by atoms with E-state index in [9.17, 15) is 5.11 Å². The zero-order chi connectivity index (χ0) is 8.97. The van der Waals surface area contributed by atoms with Gasteiger partial charge in [-0.15, -0.1) is 0 Å². The Labute approximate surface area is 72.6 Å². The van der Waals surface area contributed by atoms with Crippen LogP contribution in [0.15, 0.2) is 29.3 Å². The van der Waals surface area contributed by atoms with Gasteiger partial charge in [0.05, 0.1) is 0 Å². The first-order chi connectivity index (χ1) is 5.70. The average Bonchev–Trinajstić information content (AvgIpc) is 2.03. The molecule has 0 aliphatic carbocycles. The van der Waals surface area contributed by atoms with Crippen molar-refractivity contribution in [3.8, 4) is 5.75 Å². The normalized spacial score (nSPS) is 11.2. The Morgan fingerprint density at radius 1 is 1.33 bits per heavy atom. The zero-order valence-electron chi connectivity index (χ0n) is 7.36. The van der Waals surface area contributed by atoms with Gasteiger partial charge in [-0.1, -0.05) is 26.0 Å². The molecule has 1 aromatic rings. The van der Waals surface area contributed by atoms with E-state index in [1.807, 2.05) is 26.1 Å². The fourth-order valence-corrected chi connectivity index (χ4v) is 0.803. The lowest BCUT2D eigenvalue weighted by Gasteiger charge is -1.97. The molecule has 1 N–H and O–H groups in total. The van der Waals surface area contributed by atoms with E-state index < -0.39 is 0 Å². The lowest BCUT2D eigenvalue weighted by molar-refractivity contribution is 0.477. The lowest BCUT2D eigenvalue weighted by Crippen LogP contribution is -1.85. The van der Waals surface area contributed by atoms with Gasteiger partial charge in [0.2, 0.25) is 0 Å². The molecule has 0 spiro atoms. The first-order valence-electron chi connectivity index (χ1n) is 4.02. The molecule has 2 nitrogen and oxygen atoms in total.